The van der Waals surface area contributed by atoms with Crippen molar-refractivity contribution in [1.29, 1.82) is 0 Å². The zero-order valence-corrected chi connectivity index (χ0v) is 9.63. The minimum Gasteiger partial charge on any atom is -0.504 e. The molecule has 0 fully saturated rings. The van der Waals surface area contributed by atoms with Crippen molar-refractivity contribution in [2.75, 3.05) is 0 Å². The second kappa shape index (κ2) is 5.41. The summed E-state index contributed by atoms with van der Waals surface area (Å²) in [6.45, 7) is 2.52. The maximum atomic E-state index is 9.69. The molecule has 0 unspecified atom stereocenters. The molecule has 0 atom stereocenters. The van der Waals surface area contributed by atoms with Gasteiger partial charge in [0.1, 0.15) is 12.0 Å². The number of hydrogen-bond donors (Lipinski definition) is 1. The molecular weight excluding hydrogens is 216 g/mol. The topological polar surface area (TPSA) is 55.2 Å². The lowest BCUT2D eigenvalue weighted by Crippen LogP contribution is -1.99. The molecule has 0 aliphatic heterocycles. The molecule has 0 saturated heterocycles. The Morgan fingerprint density at radius 2 is 1.88 bits per heavy atom. The fourth-order valence-electron chi connectivity index (χ4n) is 1.46. The highest BCUT2D eigenvalue weighted by Crippen LogP contribution is 2.17. The van der Waals surface area contributed by atoms with E-state index in [2.05, 4.69) is 9.97 Å². The molecule has 88 valence electrons. The predicted molar refractivity (Wildman–Crippen MR) is 63.4 cm³/mol. The van der Waals surface area contributed by atoms with Crippen LogP contribution in [0.25, 0.3) is 0 Å². The SMILES string of the molecule is Cc1ncnc(COCc2ccccc2)c1O. The summed E-state index contributed by atoms with van der Waals surface area (Å²) in [4.78, 5) is 7.87. The van der Waals surface area contributed by atoms with E-state index in [-0.39, 0.29) is 12.4 Å². The van der Waals surface area contributed by atoms with E-state index in [1.165, 1.54) is 6.33 Å². The van der Waals surface area contributed by atoms with Gasteiger partial charge in [-0.05, 0) is 12.5 Å². The Labute approximate surface area is 99.9 Å². The van der Waals surface area contributed by atoms with Crippen LogP contribution in [0.15, 0.2) is 36.7 Å². The number of ether oxygens (including phenoxy) is 1. The van der Waals surface area contributed by atoms with Gasteiger partial charge < -0.3 is 9.84 Å². The number of aryl methyl sites for hydroxylation is 1. The van der Waals surface area contributed by atoms with Crippen molar-refractivity contribution in [2.24, 2.45) is 0 Å². The lowest BCUT2D eigenvalue weighted by atomic mass is 10.2. The zero-order chi connectivity index (χ0) is 12.1. The van der Waals surface area contributed by atoms with Crippen LogP contribution in [-0.4, -0.2) is 15.1 Å². The highest BCUT2D eigenvalue weighted by atomic mass is 16.5. The molecule has 1 aromatic carbocycles. The second-order valence-electron chi connectivity index (χ2n) is 3.73. The molecule has 2 aromatic rings. The summed E-state index contributed by atoms with van der Waals surface area (Å²) in [6.07, 6.45) is 1.43. The lowest BCUT2D eigenvalue weighted by Gasteiger charge is -2.06. The summed E-state index contributed by atoms with van der Waals surface area (Å²) in [5, 5.41) is 9.69. The fraction of sp³-hybridized carbons (Fsp3) is 0.231. The molecule has 0 amide bonds. The smallest absolute Gasteiger partial charge is 0.160 e. The van der Waals surface area contributed by atoms with Gasteiger partial charge in [0.25, 0.3) is 0 Å². The molecule has 0 spiro atoms. The Bertz CT molecular complexity index is 486. The van der Waals surface area contributed by atoms with Crippen molar-refractivity contribution in [3.63, 3.8) is 0 Å². The molecule has 4 nitrogen and oxygen atoms in total. The van der Waals surface area contributed by atoms with E-state index in [4.69, 9.17) is 4.74 Å². The third kappa shape index (κ3) is 3.01. The number of hydrogen-bond acceptors (Lipinski definition) is 4. The molecule has 0 aliphatic rings. The van der Waals surface area contributed by atoms with E-state index in [1.807, 2.05) is 30.3 Å². The summed E-state index contributed by atoms with van der Waals surface area (Å²) in [6, 6.07) is 9.87. The lowest BCUT2D eigenvalue weighted by molar-refractivity contribution is 0.102. The molecule has 1 N–H and O–H groups in total. The van der Waals surface area contributed by atoms with Crippen LogP contribution in [-0.2, 0) is 18.0 Å². The van der Waals surface area contributed by atoms with Gasteiger partial charge in [-0.2, -0.15) is 0 Å². The Morgan fingerprint density at radius 3 is 2.65 bits per heavy atom. The van der Waals surface area contributed by atoms with Crippen LogP contribution in [0, 0.1) is 6.92 Å². The molecule has 0 saturated carbocycles. The first-order valence-electron chi connectivity index (χ1n) is 5.38. The van der Waals surface area contributed by atoms with Gasteiger partial charge in [-0.15, -0.1) is 0 Å². The first kappa shape index (κ1) is 11.5. The first-order chi connectivity index (χ1) is 8.27. The van der Waals surface area contributed by atoms with Crippen molar-refractivity contribution in [1.82, 2.24) is 9.97 Å². The molecule has 1 heterocycles. The standard InChI is InChI=1S/C13H14N2O2/c1-10-13(16)12(15-9-14-10)8-17-7-11-5-3-2-4-6-11/h2-6,9,16H,7-8H2,1H3. The molecular formula is C13H14N2O2. The Morgan fingerprint density at radius 1 is 1.12 bits per heavy atom. The van der Waals surface area contributed by atoms with Crippen molar-refractivity contribution < 1.29 is 9.84 Å². The summed E-state index contributed by atoms with van der Waals surface area (Å²) in [5.74, 6) is 0.112. The maximum absolute atomic E-state index is 9.69. The van der Waals surface area contributed by atoms with Crippen LogP contribution in [0.5, 0.6) is 5.75 Å². The second-order valence-corrected chi connectivity index (χ2v) is 3.73. The van der Waals surface area contributed by atoms with Crippen molar-refractivity contribution in [2.45, 2.75) is 20.1 Å². The molecule has 0 bridgehead atoms. The van der Waals surface area contributed by atoms with Gasteiger partial charge >= 0.3 is 0 Å². The molecule has 2 rings (SSSR count). The summed E-state index contributed by atoms with van der Waals surface area (Å²) in [5.41, 5.74) is 2.18. The molecule has 0 aliphatic carbocycles. The third-order valence-electron chi connectivity index (χ3n) is 2.43. The number of rotatable bonds is 4. The highest BCUT2D eigenvalue weighted by molar-refractivity contribution is 5.28. The average Bonchev–Trinajstić information content (AvgIpc) is 2.36. The average molecular weight is 230 g/mol. The Kier molecular flexibility index (Phi) is 3.67. The van der Waals surface area contributed by atoms with Crippen LogP contribution in [0.3, 0.4) is 0 Å². The van der Waals surface area contributed by atoms with Gasteiger partial charge in [0, 0.05) is 0 Å². The Hall–Kier alpha value is -1.94. The maximum Gasteiger partial charge on any atom is 0.160 e. The highest BCUT2D eigenvalue weighted by Gasteiger charge is 2.06. The van der Waals surface area contributed by atoms with Crippen LogP contribution < -0.4 is 0 Å². The first-order valence-corrected chi connectivity index (χ1v) is 5.38. The monoisotopic (exact) mass is 230 g/mol. The van der Waals surface area contributed by atoms with Crippen LogP contribution in [0.1, 0.15) is 17.0 Å². The van der Waals surface area contributed by atoms with Crippen molar-refractivity contribution in [3.05, 3.63) is 53.6 Å². The minimum atomic E-state index is 0.112. The number of nitrogens with zero attached hydrogens (tertiary/aromatic N) is 2. The van der Waals surface area contributed by atoms with Crippen LogP contribution in [0.2, 0.25) is 0 Å². The molecule has 0 radical (unpaired) electrons. The van der Waals surface area contributed by atoms with Gasteiger partial charge in [-0.3, -0.25) is 0 Å². The van der Waals surface area contributed by atoms with Gasteiger partial charge in [-0.1, -0.05) is 30.3 Å². The quantitative estimate of drug-likeness (QED) is 0.874. The Balaban J connectivity index is 1.93. The number of benzene rings is 1. The number of aromatic hydroxyl groups is 1. The normalized spacial score (nSPS) is 10.4. The zero-order valence-electron chi connectivity index (χ0n) is 9.63. The van der Waals surface area contributed by atoms with Crippen molar-refractivity contribution in [3.8, 4) is 5.75 Å². The summed E-state index contributed by atoms with van der Waals surface area (Å²) in [7, 11) is 0. The predicted octanol–water partition coefficient (Wildman–Crippen LogP) is 2.21. The molecule has 4 heteroatoms. The van der Waals surface area contributed by atoms with Crippen LogP contribution >= 0.6 is 0 Å². The largest absolute Gasteiger partial charge is 0.504 e. The number of aromatic nitrogens is 2. The van der Waals surface area contributed by atoms with E-state index >= 15 is 0 Å². The van der Waals surface area contributed by atoms with E-state index in [0.29, 0.717) is 18.0 Å². The van der Waals surface area contributed by atoms with Crippen molar-refractivity contribution >= 4 is 0 Å². The third-order valence-corrected chi connectivity index (χ3v) is 2.43. The van der Waals surface area contributed by atoms with E-state index in [9.17, 15) is 5.11 Å². The van der Waals surface area contributed by atoms with E-state index < -0.39 is 0 Å². The van der Waals surface area contributed by atoms with Gasteiger partial charge in [-0.25, -0.2) is 9.97 Å². The molecule has 1 aromatic heterocycles. The van der Waals surface area contributed by atoms with Gasteiger partial charge in [0.15, 0.2) is 5.75 Å². The molecule has 17 heavy (non-hydrogen) atoms. The minimum absolute atomic E-state index is 0.112. The van der Waals surface area contributed by atoms with E-state index in [0.717, 1.165) is 5.56 Å². The summed E-state index contributed by atoms with van der Waals surface area (Å²) >= 11 is 0. The van der Waals surface area contributed by atoms with E-state index in [1.54, 1.807) is 6.92 Å². The summed E-state index contributed by atoms with van der Waals surface area (Å²) < 4.78 is 5.49. The van der Waals surface area contributed by atoms with Gasteiger partial charge in [0.2, 0.25) is 0 Å². The fourth-order valence-corrected chi connectivity index (χ4v) is 1.46. The van der Waals surface area contributed by atoms with Crippen LogP contribution in [0.4, 0.5) is 0 Å². The van der Waals surface area contributed by atoms with Gasteiger partial charge in [0.05, 0.1) is 18.9 Å².